The Morgan fingerprint density at radius 2 is 0.571 bits per heavy atom. The van der Waals surface area contributed by atoms with Gasteiger partial charge in [0, 0.05) is 45.5 Å². The van der Waals surface area contributed by atoms with Crippen LogP contribution in [-0.2, 0) is 19.2 Å². The molecular weight excluding hydrogens is 749 g/mol. The van der Waals surface area contributed by atoms with E-state index in [4.69, 9.17) is 0 Å². The van der Waals surface area contributed by atoms with Crippen molar-refractivity contribution >= 4 is 23.9 Å². The van der Waals surface area contributed by atoms with E-state index >= 15 is 0 Å². The number of carboxylic acids is 4. The van der Waals surface area contributed by atoms with Crippen LogP contribution in [0.25, 0.3) is 0 Å². The molecule has 4 atom stereocenters. The molecule has 0 aromatic carbocycles. The molecule has 0 aromatic rings. The summed E-state index contributed by atoms with van der Waals surface area (Å²) in [5.74, 6) is -3.57. The Bertz CT molecular complexity index is 769. The Morgan fingerprint density at radius 1 is 0.347 bits per heavy atom. The van der Waals surface area contributed by atoms with Crippen molar-refractivity contribution in [3.05, 3.63) is 0 Å². The Kier molecular flexibility index (Phi) is 38.9. The molecule has 0 aromatic heterocycles. The molecule has 0 N–H and O–H groups in total. The SMILES string of the molecule is CCCCC(C)(CCC)C(=O)[O-].CCCCC(C)(CCC)C(=O)[O-].CCCCC(C)(CCC)C(=O)[O-].CCCCCC(C)(CC)C(=O)[O-].[Ce+4]. The summed E-state index contributed by atoms with van der Waals surface area (Å²) in [6.45, 7) is 23.4. The topological polar surface area (TPSA) is 161 Å². The van der Waals surface area contributed by atoms with Crippen LogP contribution in [0.2, 0.25) is 0 Å². The van der Waals surface area contributed by atoms with Crippen LogP contribution in [0.3, 0.4) is 0 Å². The first-order valence-corrected chi connectivity index (χ1v) is 19.1. The summed E-state index contributed by atoms with van der Waals surface area (Å²) in [6, 6.07) is 0. The zero-order valence-corrected chi connectivity index (χ0v) is 37.0. The first-order chi connectivity index (χ1) is 22.3. The summed E-state index contributed by atoms with van der Waals surface area (Å²) >= 11 is 0. The molecule has 0 rings (SSSR count). The Balaban J connectivity index is -0.000000174. The maximum absolute atomic E-state index is 10.8. The molecular formula is C40H76CeO8. The predicted octanol–water partition coefficient (Wildman–Crippen LogP) is 6.93. The van der Waals surface area contributed by atoms with Crippen molar-refractivity contribution in [3.63, 3.8) is 0 Å². The van der Waals surface area contributed by atoms with E-state index in [2.05, 4.69) is 27.7 Å². The number of rotatable bonds is 24. The van der Waals surface area contributed by atoms with Gasteiger partial charge in [-0.05, 0) is 51.4 Å². The number of carboxylic acid groups (broad SMARTS) is 4. The molecule has 0 bridgehead atoms. The standard InChI is InChI=1S/4C10H20O2.Ce/c1-4-6-7-8-10(3,5-2)9(11)12;3*1-4-6-8-10(3,7-5-2)9(11)12;/h4*4-8H2,1-3H3,(H,11,12);/q;;;;+4/p-4. The fourth-order valence-electron chi connectivity index (χ4n) is 5.53. The number of aliphatic carboxylic acids is 4. The van der Waals surface area contributed by atoms with Crippen molar-refractivity contribution in [1.82, 2.24) is 0 Å². The second-order valence-electron chi connectivity index (χ2n) is 14.8. The molecule has 4 unspecified atom stereocenters. The van der Waals surface area contributed by atoms with Crippen molar-refractivity contribution in [2.75, 3.05) is 0 Å². The molecule has 0 aliphatic rings. The summed E-state index contributed by atoms with van der Waals surface area (Å²) in [5.41, 5.74) is -2.38. The maximum Gasteiger partial charge on any atom is 4.00 e. The van der Waals surface area contributed by atoms with Crippen LogP contribution < -0.4 is 20.4 Å². The largest absolute Gasteiger partial charge is 4.00 e. The summed E-state index contributed by atoms with van der Waals surface area (Å²) in [6.07, 6.45) is 17.9. The fraction of sp³-hybridized carbons (Fsp3) is 0.900. The summed E-state index contributed by atoms with van der Waals surface area (Å²) in [4.78, 5) is 43.2. The predicted molar refractivity (Wildman–Crippen MR) is 190 cm³/mol. The first-order valence-electron chi connectivity index (χ1n) is 19.1. The number of carbonyl (C=O) groups is 4. The molecule has 0 fully saturated rings. The van der Waals surface area contributed by atoms with Gasteiger partial charge in [-0.3, -0.25) is 0 Å². The van der Waals surface area contributed by atoms with Gasteiger partial charge in [0.25, 0.3) is 0 Å². The van der Waals surface area contributed by atoms with Gasteiger partial charge < -0.3 is 39.6 Å². The second kappa shape index (κ2) is 33.1. The van der Waals surface area contributed by atoms with Crippen LogP contribution >= 0.6 is 0 Å². The zero-order valence-electron chi connectivity index (χ0n) is 33.9. The van der Waals surface area contributed by atoms with E-state index < -0.39 is 45.5 Å². The van der Waals surface area contributed by atoms with Gasteiger partial charge in [-0.1, -0.05) is 160 Å². The Labute approximate surface area is 336 Å². The molecule has 0 saturated heterocycles. The van der Waals surface area contributed by atoms with E-state index in [0.717, 1.165) is 122 Å². The van der Waals surface area contributed by atoms with E-state index in [0.29, 0.717) is 6.42 Å². The van der Waals surface area contributed by atoms with Gasteiger partial charge in [0.2, 0.25) is 0 Å². The van der Waals surface area contributed by atoms with Crippen LogP contribution in [0, 0.1) is 63.4 Å². The third kappa shape index (κ3) is 27.6. The van der Waals surface area contributed by atoms with E-state index in [9.17, 15) is 39.6 Å². The molecule has 0 amide bonds. The van der Waals surface area contributed by atoms with Crippen molar-refractivity contribution in [2.24, 2.45) is 21.7 Å². The molecule has 9 heteroatoms. The summed E-state index contributed by atoms with van der Waals surface area (Å²) in [5, 5.41) is 43.2. The average Bonchev–Trinajstić information content (AvgIpc) is 3.03. The molecule has 288 valence electrons. The number of hydrogen-bond acceptors (Lipinski definition) is 8. The number of hydrogen-bond donors (Lipinski definition) is 0. The molecule has 0 aliphatic heterocycles. The third-order valence-electron chi connectivity index (χ3n) is 9.74. The van der Waals surface area contributed by atoms with Gasteiger partial charge in [-0.25, -0.2) is 0 Å². The van der Waals surface area contributed by atoms with E-state index in [-0.39, 0.29) is 41.7 Å². The monoisotopic (exact) mass is 824 g/mol. The third-order valence-corrected chi connectivity index (χ3v) is 9.74. The van der Waals surface area contributed by atoms with Gasteiger partial charge in [-0.15, -0.1) is 0 Å². The maximum atomic E-state index is 10.8. The average molecular weight is 825 g/mol. The number of carbonyl (C=O) groups excluding carboxylic acids is 4. The van der Waals surface area contributed by atoms with Crippen molar-refractivity contribution in [1.29, 1.82) is 0 Å². The molecule has 0 radical (unpaired) electrons. The van der Waals surface area contributed by atoms with Gasteiger partial charge in [0.15, 0.2) is 0 Å². The molecule has 8 nitrogen and oxygen atoms in total. The van der Waals surface area contributed by atoms with Crippen molar-refractivity contribution in [2.45, 2.75) is 212 Å². The normalized spacial score (nSPS) is 15.3. The Morgan fingerprint density at radius 3 is 0.735 bits per heavy atom. The quantitative estimate of drug-likeness (QED) is 0.0948. The molecule has 0 saturated carbocycles. The van der Waals surface area contributed by atoms with Crippen LogP contribution in [0.1, 0.15) is 212 Å². The van der Waals surface area contributed by atoms with E-state index in [1.165, 1.54) is 0 Å². The van der Waals surface area contributed by atoms with E-state index in [1.54, 1.807) is 27.7 Å². The van der Waals surface area contributed by atoms with Gasteiger partial charge >= 0.3 is 41.7 Å². The van der Waals surface area contributed by atoms with Crippen LogP contribution in [-0.4, -0.2) is 23.9 Å². The zero-order chi connectivity index (χ0) is 38.5. The molecule has 0 heterocycles. The molecule has 49 heavy (non-hydrogen) atoms. The molecule has 0 aliphatic carbocycles. The van der Waals surface area contributed by atoms with Crippen molar-refractivity contribution < 1.29 is 81.4 Å². The summed E-state index contributed by atoms with van der Waals surface area (Å²) < 4.78 is 0. The smallest absolute Gasteiger partial charge is 0.550 e. The van der Waals surface area contributed by atoms with Crippen LogP contribution in [0.5, 0.6) is 0 Å². The van der Waals surface area contributed by atoms with Crippen LogP contribution in [0.4, 0.5) is 0 Å². The molecule has 0 spiro atoms. The fourth-order valence-corrected chi connectivity index (χ4v) is 5.53. The first kappa shape index (κ1) is 57.6. The van der Waals surface area contributed by atoms with E-state index in [1.807, 2.05) is 27.7 Å². The summed E-state index contributed by atoms with van der Waals surface area (Å²) in [7, 11) is 0. The van der Waals surface area contributed by atoms with Crippen LogP contribution in [0.15, 0.2) is 0 Å². The Hall–Kier alpha value is -0.743. The minimum atomic E-state index is -0.902. The number of unbranched alkanes of at least 4 members (excludes halogenated alkanes) is 5. The second-order valence-corrected chi connectivity index (χ2v) is 14.8. The van der Waals surface area contributed by atoms with Gasteiger partial charge in [0.05, 0.1) is 0 Å². The van der Waals surface area contributed by atoms with Gasteiger partial charge in [0.1, 0.15) is 0 Å². The minimum Gasteiger partial charge on any atom is -0.550 e. The van der Waals surface area contributed by atoms with Gasteiger partial charge in [-0.2, -0.15) is 0 Å². The van der Waals surface area contributed by atoms with Crippen molar-refractivity contribution in [3.8, 4) is 0 Å². The minimum absolute atomic E-state index is 0.